The summed E-state index contributed by atoms with van der Waals surface area (Å²) in [5, 5.41) is 0. The molecule has 1 amide bonds. The maximum Gasteiger partial charge on any atom is 0.413 e. The molecule has 1 fully saturated rings. The molecule has 0 aliphatic carbocycles. The number of carbonyl (C=O) groups excluding carboxylic acids is 2. The van der Waals surface area contributed by atoms with Crippen molar-refractivity contribution in [2.45, 2.75) is 59.4 Å². The SMILES string of the molecule is COC(=O)[C@@H]1CO[C@@H](C(C)(C)C)N1C(=O)OC(C)(C)C. The third-order valence-corrected chi connectivity index (χ3v) is 2.82. The number of hydrogen-bond acceptors (Lipinski definition) is 5. The zero-order valence-electron chi connectivity index (χ0n) is 13.4. The smallest absolute Gasteiger partial charge is 0.413 e. The van der Waals surface area contributed by atoms with Gasteiger partial charge in [0.1, 0.15) is 11.8 Å². The minimum atomic E-state index is -0.765. The lowest BCUT2D eigenvalue weighted by molar-refractivity contribution is -0.146. The second-order valence-corrected chi connectivity index (χ2v) is 6.98. The number of ether oxygens (including phenoxy) is 3. The fraction of sp³-hybridized carbons (Fsp3) is 0.857. The summed E-state index contributed by atoms with van der Waals surface area (Å²) in [5.74, 6) is -0.498. The van der Waals surface area contributed by atoms with Crippen LogP contribution in [-0.2, 0) is 19.0 Å². The lowest BCUT2D eigenvalue weighted by Crippen LogP contribution is -2.51. The second-order valence-electron chi connectivity index (χ2n) is 6.98. The summed E-state index contributed by atoms with van der Waals surface area (Å²) in [5.41, 5.74) is -0.970. The van der Waals surface area contributed by atoms with Crippen molar-refractivity contribution >= 4 is 12.1 Å². The molecule has 6 nitrogen and oxygen atoms in total. The number of amides is 1. The molecule has 1 aliphatic heterocycles. The quantitative estimate of drug-likeness (QED) is 0.691. The van der Waals surface area contributed by atoms with Crippen LogP contribution in [0, 0.1) is 5.41 Å². The molecular formula is C14H25NO5. The van der Waals surface area contributed by atoms with Gasteiger partial charge >= 0.3 is 12.1 Å². The molecule has 1 saturated heterocycles. The lowest BCUT2D eigenvalue weighted by atomic mass is 9.93. The number of rotatable bonds is 1. The Kier molecular flexibility index (Phi) is 4.69. The van der Waals surface area contributed by atoms with E-state index in [0.29, 0.717) is 0 Å². The van der Waals surface area contributed by atoms with Gasteiger partial charge in [0.05, 0.1) is 13.7 Å². The Bertz CT molecular complexity index is 380. The van der Waals surface area contributed by atoms with Gasteiger partial charge in [0.2, 0.25) is 0 Å². The molecular weight excluding hydrogens is 262 g/mol. The molecule has 0 bridgehead atoms. The first-order valence-electron chi connectivity index (χ1n) is 6.68. The first-order valence-corrected chi connectivity index (χ1v) is 6.68. The summed E-state index contributed by atoms with van der Waals surface area (Å²) in [6, 6.07) is -0.765. The minimum Gasteiger partial charge on any atom is -0.467 e. The van der Waals surface area contributed by atoms with Gasteiger partial charge in [-0.25, -0.2) is 9.59 Å². The predicted molar refractivity (Wildman–Crippen MR) is 73.1 cm³/mol. The van der Waals surface area contributed by atoms with E-state index in [9.17, 15) is 9.59 Å². The molecule has 2 atom stereocenters. The van der Waals surface area contributed by atoms with Crippen molar-refractivity contribution in [3.05, 3.63) is 0 Å². The third kappa shape index (κ3) is 3.85. The molecule has 0 N–H and O–H groups in total. The molecule has 0 radical (unpaired) electrons. The van der Waals surface area contributed by atoms with E-state index in [2.05, 4.69) is 0 Å². The monoisotopic (exact) mass is 287 g/mol. The van der Waals surface area contributed by atoms with Crippen LogP contribution in [0.15, 0.2) is 0 Å². The van der Waals surface area contributed by atoms with Crippen LogP contribution in [-0.4, -0.2) is 48.5 Å². The maximum absolute atomic E-state index is 12.4. The fourth-order valence-corrected chi connectivity index (χ4v) is 2.03. The Hall–Kier alpha value is -1.30. The van der Waals surface area contributed by atoms with Crippen LogP contribution in [0.3, 0.4) is 0 Å². The first-order chi connectivity index (χ1) is 8.97. The topological polar surface area (TPSA) is 65.1 Å². The first kappa shape index (κ1) is 16.8. The highest BCUT2D eigenvalue weighted by atomic mass is 16.6. The van der Waals surface area contributed by atoms with Gasteiger partial charge < -0.3 is 14.2 Å². The summed E-state index contributed by atoms with van der Waals surface area (Å²) in [6.07, 6.45) is -1.09. The molecule has 116 valence electrons. The highest BCUT2D eigenvalue weighted by Crippen LogP contribution is 2.33. The van der Waals surface area contributed by atoms with Gasteiger partial charge in [-0.15, -0.1) is 0 Å². The van der Waals surface area contributed by atoms with Gasteiger partial charge in [-0.2, -0.15) is 0 Å². The lowest BCUT2D eigenvalue weighted by Gasteiger charge is -2.35. The summed E-state index contributed by atoms with van der Waals surface area (Å²) in [4.78, 5) is 25.5. The van der Waals surface area contributed by atoms with Gasteiger partial charge in [-0.05, 0) is 20.8 Å². The summed E-state index contributed by atoms with van der Waals surface area (Å²) >= 11 is 0. The van der Waals surface area contributed by atoms with Crippen molar-refractivity contribution < 1.29 is 23.8 Å². The minimum absolute atomic E-state index is 0.119. The van der Waals surface area contributed by atoms with Crippen molar-refractivity contribution in [1.29, 1.82) is 0 Å². The molecule has 1 rings (SSSR count). The molecule has 0 unspecified atom stereocenters. The van der Waals surface area contributed by atoms with E-state index in [-0.39, 0.29) is 12.0 Å². The standard InChI is InChI=1S/C14H25NO5/c1-13(2,3)11-15(12(17)20-14(4,5)6)9(8-19-11)10(16)18-7/h9,11H,8H2,1-7H3/t9-,11-/m0/s1. The Morgan fingerprint density at radius 3 is 2.10 bits per heavy atom. The van der Waals surface area contributed by atoms with Crippen LogP contribution in [0.25, 0.3) is 0 Å². The van der Waals surface area contributed by atoms with E-state index in [4.69, 9.17) is 14.2 Å². The largest absolute Gasteiger partial charge is 0.467 e. The summed E-state index contributed by atoms with van der Waals surface area (Å²) in [6.45, 7) is 11.3. The maximum atomic E-state index is 12.4. The Balaban J connectivity index is 3.02. The van der Waals surface area contributed by atoms with Crippen LogP contribution in [0.1, 0.15) is 41.5 Å². The number of hydrogen-bond donors (Lipinski definition) is 0. The highest BCUT2D eigenvalue weighted by molar-refractivity contribution is 5.82. The third-order valence-electron chi connectivity index (χ3n) is 2.82. The Morgan fingerprint density at radius 2 is 1.70 bits per heavy atom. The van der Waals surface area contributed by atoms with Crippen molar-refractivity contribution in [1.82, 2.24) is 4.90 Å². The summed E-state index contributed by atoms with van der Waals surface area (Å²) < 4.78 is 15.7. The molecule has 0 aromatic carbocycles. The normalized spacial score (nSPS) is 23.6. The molecule has 6 heteroatoms. The van der Waals surface area contributed by atoms with E-state index in [1.807, 2.05) is 20.8 Å². The Labute approximate surface area is 120 Å². The van der Waals surface area contributed by atoms with E-state index in [1.165, 1.54) is 12.0 Å². The van der Waals surface area contributed by atoms with Gasteiger partial charge in [-0.1, -0.05) is 20.8 Å². The van der Waals surface area contributed by atoms with Crippen molar-refractivity contribution in [3.63, 3.8) is 0 Å². The van der Waals surface area contributed by atoms with Gasteiger partial charge in [0.25, 0.3) is 0 Å². The van der Waals surface area contributed by atoms with Crippen molar-refractivity contribution in [2.75, 3.05) is 13.7 Å². The Morgan fingerprint density at radius 1 is 1.15 bits per heavy atom. The van der Waals surface area contributed by atoms with E-state index < -0.39 is 29.9 Å². The average molecular weight is 287 g/mol. The molecule has 0 aromatic heterocycles. The average Bonchev–Trinajstić information content (AvgIpc) is 2.69. The van der Waals surface area contributed by atoms with Crippen LogP contribution in [0.5, 0.6) is 0 Å². The van der Waals surface area contributed by atoms with Crippen LogP contribution < -0.4 is 0 Å². The highest BCUT2D eigenvalue weighted by Gasteiger charge is 2.48. The molecule has 0 saturated carbocycles. The molecule has 20 heavy (non-hydrogen) atoms. The summed E-state index contributed by atoms with van der Waals surface area (Å²) in [7, 11) is 1.29. The zero-order valence-corrected chi connectivity index (χ0v) is 13.4. The van der Waals surface area contributed by atoms with Gasteiger partial charge in [-0.3, -0.25) is 4.90 Å². The number of carbonyl (C=O) groups is 2. The zero-order chi connectivity index (χ0) is 15.7. The van der Waals surface area contributed by atoms with Crippen LogP contribution >= 0.6 is 0 Å². The van der Waals surface area contributed by atoms with Crippen LogP contribution in [0.2, 0.25) is 0 Å². The van der Waals surface area contributed by atoms with Crippen molar-refractivity contribution in [2.24, 2.45) is 5.41 Å². The van der Waals surface area contributed by atoms with E-state index in [1.54, 1.807) is 20.8 Å². The van der Waals surface area contributed by atoms with Gasteiger partial charge in [0.15, 0.2) is 6.04 Å². The number of nitrogens with zero attached hydrogens (tertiary/aromatic N) is 1. The molecule has 1 heterocycles. The number of esters is 1. The van der Waals surface area contributed by atoms with Crippen LogP contribution in [0.4, 0.5) is 4.79 Å². The molecule has 0 aromatic rings. The molecule has 0 spiro atoms. The predicted octanol–water partition coefficient (Wildman–Crippen LogP) is 2.17. The second kappa shape index (κ2) is 5.60. The molecule has 1 aliphatic rings. The van der Waals surface area contributed by atoms with Gasteiger partial charge in [0, 0.05) is 5.41 Å². The van der Waals surface area contributed by atoms with Crippen molar-refractivity contribution in [3.8, 4) is 0 Å². The van der Waals surface area contributed by atoms with E-state index >= 15 is 0 Å². The van der Waals surface area contributed by atoms with E-state index in [0.717, 1.165) is 0 Å². The fourth-order valence-electron chi connectivity index (χ4n) is 2.03. The number of methoxy groups -OCH3 is 1.